The summed E-state index contributed by atoms with van der Waals surface area (Å²) in [5.74, 6) is 0. The van der Waals surface area contributed by atoms with Crippen molar-refractivity contribution >= 4 is 11.3 Å². The molecule has 4 heteroatoms. The van der Waals surface area contributed by atoms with E-state index in [2.05, 4.69) is 29.5 Å². The largest absolute Gasteiger partial charge is 0.355 e. The van der Waals surface area contributed by atoms with Crippen LogP contribution in [-0.4, -0.2) is 39.0 Å². The van der Waals surface area contributed by atoms with Crippen molar-refractivity contribution < 1.29 is 9.47 Å². The van der Waals surface area contributed by atoms with E-state index in [9.17, 15) is 0 Å². The minimum Gasteiger partial charge on any atom is -0.355 e. The minimum absolute atomic E-state index is 0.139. The first-order chi connectivity index (χ1) is 6.76. The molecule has 14 heavy (non-hydrogen) atoms. The van der Waals surface area contributed by atoms with Gasteiger partial charge in [-0.25, -0.2) is 0 Å². The molecule has 1 rings (SSSR count). The van der Waals surface area contributed by atoms with Crippen LogP contribution in [0.5, 0.6) is 0 Å². The Morgan fingerprint density at radius 2 is 2.14 bits per heavy atom. The second kappa shape index (κ2) is 6.14. The van der Waals surface area contributed by atoms with Crippen LogP contribution in [0.25, 0.3) is 0 Å². The van der Waals surface area contributed by atoms with Crippen LogP contribution in [0.4, 0.5) is 0 Å². The van der Waals surface area contributed by atoms with Gasteiger partial charge in [0.25, 0.3) is 0 Å². The molecule has 0 aliphatic rings. The zero-order valence-electron chi connectivity index (χ0n) is 8.90. The highest BCUT2D eigenvalue weighted by Crippen LogP contribution is 2.11. The quantitative estimate of drug-likeness (QED) is 0.675. The predicted molar refractivity (Wildman–Crippen MR) is 58.5 cm³/mol. The molecule has 0 saturated carbocycles. The maximum Gasteiger partial charge on any atom is 0.169 e. The van der Waals surface area contributed by atoms with Gasteiger partial charge in [0.05, 0.1) is 0 Å². The first-order valence-electron chi connectivity index (χ1n) is 4.52. The Balaban J connectivity index is 2.31. The van der Waals surface area contributed by atoms with Crippen LogP contribution in [-0.2, 0) is 16.0 Å². The summed E-state index contributed by atoms with van der Waals surface area (Å²) in [6.45, 7) is 1.73. The summed E-state index contributed by atoms with van der Waals surface area (Å²) in [5.41, 5.74) is 0. The van der Waals surface area contributed by atoms with E-state index >= 15 is 0 Å². The second-order valence-corrected chi connectivity index (χ2v) is 4.21. The van der Waals surface area contributed by atoms with Crippen molar-refractivity contribution in [1.29, 1.82) is 0 Å². The fourth-order valence-electron chi connectivity index (χ4n) is 1.23. The first kappa shape index (κ1) is 11.7. The van der Waals surface area contributed by atoms with E-state index in [0.717, 1.165) is 13.1 Å². The molecule has 0 unspecified atom stereocenters. The molecule has 0 N–H and O–H groups in total. The molecule has 1 heterocycles. The highest BCUT2D eigenvalue weighted by atomic mass is 32.1. The summed E-state index contributed by atoms with van der Waals surface area (Å²) >= 11 is 1.77. The number of methoxy groups -OCH3 is 2. The molecule has 0 radical (unpaired) electrons. The van der Waals surface area contributed by atoms with Gasteiger partial charge in [-0.05, 0) is 18.5 Å². The zero-order chi connectivity index (χ0) is 10.4. The third-order valence-corrected chi connectivity index (χ3v) is 2.85. The lowest BCUT2D eigenvalue weighted by Crippen LogP contribution is -2.31. The predicted octanol–water partition coefficient (Wildman–Crippen LogP) is 1.80. The highest BCUT2D eigenvalue weighted by molar-refractivity contribution is 7.09. The Kier molecular flexibility index (Phi) is 5.11. The Hall–Kier alpha value is -0.420. The van der Waals surface area contributed by atoms with Gasteiger partial charge in [0.2, 0.25) is 0 Å². The van der Waals surface area contributed by atoms with Gasteiger partial charge in [0, 0.05) is 32.2 Å². The van der Waals surface area contributed by atoms with Gasteiger partial charge in [-0.15, -0.1) is 11.3 Å². The van der Waals surface area contributed by atoms with Gasteiger partial charge in [-0.3, -0.25) is 4.90 Å². The SMILES string of the molecule is COC(CN(C)Cc1cccs1)OC. The molecule has 0 spiro atoms. The second-order valence-electron chi connectivity index (χ2n) is 3.18. The molecule has 0 aliphatic carbocycles. The fourth-order valence-corrected chi connectivity index (χ4v) is 2.02. The fraction of sp³-hybridized carbons (Fsp3) is 0.600. The van der Waals surface area contributed by atoms with E-state index < -0.39 is 0 Å². The Morgan fingerprint density at radius 1 is 1.43 bits per heavy atom. The van der Waals surface area contributed by atoms with E-state index in [1.807, 2.05) is 0 Å². The van der Waals surface area contributed by atoms with Gasteiger partial charge in [-0.2, -0.15) is 0 Å². The lowest BCUT2D eigenvalue weighted by molar-refractivity contribution is -0.114. The number of thiophene rings is 1. The van der Waals surface area contributed by atoms with E-state index in [0.29, 0.717) is 0 Å². The third kappa shape index (κ3) is 3.75. The van der Waals surface area contributed by atoms with Crippen molar-refractivity contribution in [3.63, 3.8) is 0 Å². The van der Waals surface area contributed by atoms with Crippen molar-refractivity contribution in [1.82, 2.24) is 4.90 Å². The summed E-state index contributed by atoms with van der Waals surface area (Å²) in [6, 6.07) is 4.20. The minimum atomic E-state index is -0.139. The molecule has 0 bridgehead atoms. The van der Waals surface area contributed by atoms with Gasteiger partial charge >= 0.3 is 0 Å². The average molecular weight is 215 g/mol. The van der Waals surface area contributed by atoms with E-state index in [1.54, 1.807) is 25.6 Å². The summed E-state index contributed by atoms with van der Waals surface area (Å²) in [4.78, 5) is 3.54. The zero-order valence-corrected chi connectivity index (χ0v) is 9.71. The number of likely N-dealkylation sites (N-methyl/N-ethyl adjacent to an activating group) is 1. The monoisotopic (exact) mass is 215 g/mol. The van der Waals surface area contributed by atoms with Gasteiger partial charge in [0.15, 0.2) is 6.29 Å². The summed E-state index contributed by atoms with van der Waals surface area (Å²) in [6.07, 6.45) is -0.139. The van der Waals surface area contributed by atoms with E-state index in [-0.39, 0.29) is 6.29 Å². The van der Waals surface area contributed by atoms with E-state index in [4.69, 9.17) is 9.47 Å². The number of rotatable bonds is 6. The van der Waals surface area contributed by atoms with Crippen molar-refractivity contribution in [3.8, 4) is 0 Å². The third-order valence-electron chi connectivity index (χ3n) is 1.99. The normalized spacial score (nSPS) is 11.5. The summed E-state index contributed by atoms with van der Waals surface area (Å²) in [7, 11) is 5.38. The number of hydrogen-bond donors (Lipinski definition) is 0. The summed E-state index contributed by atoms with van der Waals surface area (Å²) < 4.78 is 10.3. The molecule has 0 aliphatic heterocycles. The topological polar surface area (TPSA) is 21.7 Å². The Morgan fingerprint density at radius 3 is 2.64 bits per heavy atom. The average Bonchev–Trinajstić information content (AvgIpc) is 2.66. The number of nitrogens with zero attached hydrogens (tertiary/aromatic N) is 1. The maximum absolute atomic E-state index is 5.13. The Labute approximate surface area is 89.2 Å². The lowest BCUT2D eigenvalue weighted by Gasteiger charge is -2.21. The molecule has 1 aromatic heterocycles. The maximum atomic E-state index is 5.13. The molecule has 80 valence electrons. The van der Waals surface area contributed by atoms with Crippen LogP contribution in [0.3, 0.4) is 0 Å². The number of hydrogen-bond acceptors (Lipinski definition) is 4. The van der Waals surface area contributed by atoms with Crippen LogP contribution in [0.2, 0.25) is 0 Å². The van der Waals surface area contributed by atoms with Crippen LogP contribution in [0, 0.1) is 0 Å². The van der Waals surface area contributed by atoms with Gasteiger partial charge in [0.1, 0.15) is 0 Å². The van der Waals surface area contributed by atoms with Crippen molar-refractivity contribution in [3.05, 3.63) is 22.4 Å². The van der Waals surface area contributed by atoms with Crippen molar-refractivity contribution in [2.45, 2.75) is 12.8 Å². The summed E-state index contributed by atoms with van der Waals surface area (Å²) in [5, 5.41) is 2.09. The molecule has 0 amide bonds. The highest BCUT2D eigenvalue weighted by Gasteiger charge is 2.09. The molecular formula is C10H17NO2S. The van der Waals surface area contributed by atoms with Crippen molar-refractivity contribution in [2.24, 2.45) is 0 Å². The van der Waals surface area contributed by atoms with Crippen LogP contribution < -0.4 is 0 Å². The van der Waals surface area contributed by atoms with Crippen molar-refractivity contribution in [2.75, 3.05) is 27.8 Å². The lowest BCUT2D eigenvalue weighted by atomic mass is 10.4. The van der Waals surface area contributed by atoms with Crippen LogP contribution in [0.1, 0.15) is 4.88 Å². The molecule has 0 aromatic carbocycles. The molecule has 0 saturated heterocycles. The molecule has 3 nitrogen and oxygen atoms in total. The standard InChI is InChI=1S/C10H17NO2S/c1-11(8-10(12-2)13-3)7-9-5-4-6-14-9/h4-6,10H,7-8H2,1-3H3. The van der Waals surface area contributed by atoms with Crippen LogP contribution >= 0.6 is 11.3 Å². The van der Waals surface area contributed by atoms with Gasteiger partial charge < -0.3 is 9.47 Å². The molecular weight excluding hydrogens is 198 g/mol. The van der Waals surface area contributed by atoms with Gasteiger partial charge in [-0.1, -0.05) is 6.07 Å². The molecule has 0 fully saturated rings. The number of ether oxygens (including phenoxy) is 2. The molecule has 1 aromatic rings. The van der Waals surface area contributed by atoms with E-state index in [1.165, 1.54) is 4.88 Å². The Bertz CT molecular complexity index is 234. The first-order valence-corrected chi connectivity index (χ1v) is 5.40. The molecule has 0 atom stereocenters. The van der Waals surface area contributed by atoms with Crippen LogP contribution in [0.15, 0.2) is 17.5 Å². The smallest absolute Gasteiger partial charge is 0.169 e.